The molecule has 1 fully saturated rings. The molecule has 0 bridgehead atoms. The molecular formula is C16H18F2N2O3S. The minimum Gasteiger partial charge on any atom is -0.435 e. The number of hydrogen-bond donors (Lipinski definition) is 1. The number of aliphatic hydroxyl groups is 1. The molecule has 24 heavy (non-hydrogen) atoms. The van der Waals surface area contributed by atoms with Crippen molar-refractivity contribution < 1.29 is 23.4 Å². The molecule has 0 aliphatic carbocycles. The highest BCUT2D eigenvalue weighted by molar-refractivity contribution is 7.15. The van der Waals surface area contributed by atoms with Gasteiger partial charge in [0.1, 0.15) is 10.8 Å². The van der Waals surface area contributed by atoms with Crippen LogP contribution in [-0.2, 0) is 17.9 Å². The van der Waals surface area contributed by atoms with Gasteiger partial charge in [0.15, 0.2) is 0 Å². The third-order valence-electron chi connectivity index (χ3n) is 3.73. The van der Waals surface area contributed by atoms with E-state index in [4.69, 9.17) is 4.74 Å². The van der Waals surface area contributed by atoms with Crippen molar-refractivity contribution in [2.75, 3.05) is 26.3 Å². The van der Waals surface area contributed by atoms with Crippen molar-refractivity contribution in [3.8, 4) is 16.3 Å². The molecule has 2 aromatic rings. The molecule has 2 heterocycles. The van der Waals surface area contributed by atoms with Gasteiger partial charge in [0.25, 0.3) is 0 Å². The summed E-state index contributed by atoms with van der Waals surface area (Å²) in [6.45, 7) is 0.867. The Hall–Kier alpha value is -1.61. The summed E-state index contributed by atoms with van der Waals surface area (Å²) in [7, 11) is 0. The Kier molecular flexibility index (Phi) is 5.72. The van der Waals surface area contributed by atoms with Crippen LogP contribution in [0, 0.1) is 0 Å². The van der Waals surface area contributed by atoms with Gasteiger partial charge in [-0.3, -0.25) is 4.90 Å². The van der Waals surface area contributed by atoms with Gasteiger partial charge in [0.05, 0.1) is 30.4 Å². The van der Waals surface area contributed by atoms with Crippen molar-refractivity contribution in [3.05, 3.63) is 34.8 Å². The number of aromatic nitrogens is 1. The summed E-state index contributed by atoms with van der Waals surface area (Å²) in [6, 6.07) is 6.36. The number of benzene rings is 1. The Morgan fingerprint density at radius 1 is 1.25 bits per heavy atom. The maximum absolute atomic E-state index is 12.2. The van der Waals surface area contributed by atoms with Crippen LogP contribution in [0.2, 0.25) is 0 Å². The number of morpholine rings is 1. The Morgan fingerprint density at radius 3 is 2.58 bits per heavy atom. The first-order valence-corrected chi connectivity index (χ1v) is 8.42. The Labute approximate surface area is 142 Å². The molecule has 3 rings (SSSR count). The zero-order chi connectivity index (χ0) is 16.9. The fourth-order valence-corrected chi connectivity index (χ4v) is 3.44. The zero-order valence-corrected chi connectivity index (χ0v) is 13.8. The molecule has 0 atom stereocenters. The van der Waals surface area contributed by atoms with Gasteiger partial charge in [-0.25, -0.2) is 4.98 Å². The van der Waals surface area contributed by atoms with Crippen LogP contribution in [0.15, 0.2) is 24.3 Å². The molecule has 1 aromatic heterocycles. The Bertz CT molecular complexity index is 658. The van der Waals surface area contributed by atoms with E-state index in [0.717, 1.165) is 34.2 Å². The van der Waals surface area contributed by atoms with Crippen LogP contribution < -0.4 is 4.74 Å². The summed E-state index contributed by atoms with van der Waals surface area (Å²) in [5.74, 6) is 0.112. The lowest BCUT2D eigenvalue weighted by Gasteiger charge is -2.26. The molecule has 8 heteroatoms. The monoisotopic (exact) mass is 356 g/mol. The summed E-state index contributed by atoms with van der Waals surface area (Å²) in [4.78, 5) is 7.68. The molecule has 0 spiro atoms. The van der Waals surface area contributed by atoms with E-state index in [1.165, 1.54) is 23.5 Å². The molecule has 1 N–H and O–H groups in total. The van der Waals surface area contributed by atoms with Gasteiger partial charge >= 0.3 is 6.61 Å². The molecule has 1 saturated heterocycles. The summed E-state index contributed by atoms with van der Waals surface area (Å²) < 4.78 is 34.1. The van der Waals surface area contributed by atoms with E-state index < -0.39 is 6.61 Å². The van der Waals surface area contributed by atoms with Crippen LogP contribution in [-0.4, -0.2) is 47.9 Å². The standard InChI is InChI=1S/C16H18F2N2O3S/c17-16(18)23-12-3-1-11(2-4-12)15-19-13(14(10-21)24-15)9-20-5-7-22-8-6-20/h1-4,16,21H,5-10H2. The van der Waals surface area contributed by atoms with Gasteiger partial charge < -0.3 is 14.6 Å². The smallest absolute Gasteiger partial charge is 0.387 e. The fraction of sp³-hybridized carbons (Fsp3) is 0.438. The van der Waals surface area contributed by atoms with Crippen LogP contribution in [0.5, 0.6) is 5.75 Å². The Balaban J connectivity index is 1.75. The maximum atomic E-state index is 12.2. The first kappa shape index (κ1) is 17.2. The SMILES string of the molecule is OCc1sc(-c2ccc(OC(F)F)cc2)nc1CN1CCOCC1. The van der Waals surface area contributed by atoms with Crippen molar-refractivity contribution in [1.82, 2.24) is 9.88 Å². The van der Waals surface area contributed by atoms with E-state index in [1.54, 1.807) is 12.1 Å². The summed E-state index contributed by atoms with van der Waals surface area (Å²) >= 11 is 1.41. The molecule has 130 valence electrons. The highest BCUT2D eigenvalue weighted by atomic mass is 32.1. The molecule has 0 amide bonds. The number of aliphatic hydroxyl groups excluding tert-OH is 1. The predicted octanol–water partition coefficient (Wildman–Crippen LogP) is 2.74. The van der Waals surface area contributed by atoms with Crippen LogP contribution >= 0.6 is 11.3 Å². The van der Waals surface area contributed by atoms with E-state index in [-0.39, 0.29) is 12.4 Å². The largest absolute Gasteiger partial charge is 0.435 e. The van der Waals surface area contributed by atoms with Gasteiger partial charge in [-0.05, 0) is 24.3 Å². The van der Waals surface area contributed by atoms with Crippen LogP contribution in [0.4, 0.5) is 8.78 Å². The van der Waals surface area contributed by atoms with E-state index in [2.05, 4.69) is 14.6 Å². The van der Waals surface area contributed by atoms with E-state index in [0.29, 0.717) is 19.8 Å². The first-order chi connectivity index (χ1) is 11.7. The second kappa shape index (κ2) is 7.98. The normalized spacial score (nSPS) is 15.8. The molecule has 5 nitrogen and oxygen atoms in total. The third kappa shape index (κ3) is 4.27. The van der Waals surface area contributed by atoms with Gasteiger partial charge in [-0.2, -0.15) is 8.78 Å². The lowest BCUT2D eigenvalue weighted by molar-refractivity contribution is -0.0498. The minimum absolute atomic E-state index is 0.0656. The van der Waals surface area contributed by atoms with Crippen LogP contribution in [0.25, 0.3) is 10.6 Å². The molecule has 0 saturated carbocycles. The molecular weight excluding hydrogens is 338 g/mol. The maximum Gasteiger partial charge on any atom is 0.387 e. The number of alkyl halides is 2. The van der Waals surface area contributed by atoms with E-state index in [1.807, 2.05) is 0 Å². The quantitative estimate of drug-likeness (QED) is 0.863. The molecule has 0 unspecified atom stereocenters. The van der Waals surface area contributed by atoms with Gasteiger partial charge in [0.2, 0.25) is 0 Å². The van der Waals surface area contributed by atoms with Crippen molar-refractivity contribution in [3.63, 3.8) is 0 Å². The van der Waals surface area contributed by atoms with Crippen molar-refractivity contribution in [2.24, 2.45) is 0 Å². The topological polar surface area (TPSA) is 54.8 Å². The average molecular weight is 356 g/mol. The number of rotatable bonds is 6. The number of nitrogens with zero attached hydrogens (tertiary/aromatic N) is 2. The van der Waals surface area contributed by atoms with Crippen LogP contribution in [0.1, 0.15) is 10.6 Å². The highest BCUT2D eigenvalue weighted by Gasteiger charge is 2.17. The number of hydrogen-bond acceptors (Lipinski definition) is 6. The van der Waals surface area contributed by atoms with E-state index in [9.17, 15) is 13.9 Å². The second-order valence-corrected chi connectivity index (χ2v) is 6.42. The van der Waals surface area contributed by atoms with Crippen molar-refractivity contribution in [2.45, 2.75) is 19.8 Å². The Morgan fingerprint density at radius 2 is 1.96 bits per heavy atom. The molecule has 1 aliphatic heterocycles. The number of thiazole rings is 1. The van der Waals surface area contributed by atoms with Gasteiger partial charge in [0, 0.05) is 25.2 Å². The zero-order valence-electron chi connectivity index (χ0n) is 13.0. The van der Waals surface area contributed by atoms with Crippen molar-refractivity contribution in [1.29, 1.82) is 0 Å². The predicted molar refractivity (Wildman–Crippen MR) is 86.2 cm³/mol. The summed E-state index contributed by atoms with van der Waals surface area (Å²) in [5.41, 5.74) is 1.66. The lowest BCUT2D eigenvalue weighted by Crippen LogP contribution is -2.35. The average Bonchev–Trinajstić information content (AvgIpc) is 2.99. The summed E-state index contributed by atoms with van der Waals surface area (Å²) in [5, 5.41) is 10.3. The van der Waals surface area contributed by atoms with Gasteiger partial charge in [-0.1, -0.05) is 0 Å². The van der Waals surface area contributed by atoms with Gasteiger partial charge in [-0.15, -0.1) is 11.3 Å². The summed E-state index contributed by atoms with van der Waals surface area (Å²) in [6.07, 6.45) is 0. The first-order valence-electron chi connectivity index (χ1n) is 7.60. The van der Waals surface area contributed by atoms with Crippen LogP contribution in [0.3, 0.4) is 0 Å². The van der Waals surface area contributed by atoms with Crippen molar-refractivity contribution >= 4 is 11.3 Å². The van der Waals surface area contributed by atoms with E-state index >= 15 is 0 Å². The third-order valence-corrected chi connectivity index (χ3v) is 4.86. The number of ether oxygens (including phenoxy) is 2. The second-order valence-electron chi connectivity index (χ2n) is 5.34. The molecule has 1 aromatic carbocycles. The lowest BCUT2D eigenvalue weighted by atomic mass is 10.2. The minimum atomic E-state index is -2.84. The highest BCUT2D eigenvalue weighted by Crippen LogP contribution is 2.30. The molecule has 1 aliphatic rings. The molecule has 0 radical (unpaired) electrons. The fourth-order valence-electron chi connectivity index (χ4n) is 2.50. The number of halogens is 2.